The summed E-state index contributed by atoms with van der Waals surface area (Å²) in [6, 6.07) is 14.2. The van der Waals surface area contributed by atoms with Crippen LogP contribution < -0.4 is 5.73 Å². The Kier molecular flexibility index (Phi) is 3.80. The number of benzene rings is 2. The summed E-state index contributed by atoms with van der Waals surface area (Å²) in [7, 11) is 0. The molecule has 0 aliphatic carbocycles. The van der Waals surface area contributed by atoms with Crippen molar-refractivity contribution in [3.63, 3.8) is 0 Å². The van der Waals surface area contributed by atoms with E-state index in [4.69, 9.17) is 17.3 Å². The van der Waals surface area contributed by atoms with Crippen molar-refractivity contribution in [3.8, 4) is 0 Å². The van der Waals surface area contributed by atoms with Gasteiger partial charge in [0.1, 0.15) is 0 Å². The van der Waals surface area contributed by atoms with Crippen molar-refractivity contribution in [2.45, 2.75) is 0 Å². The predicted octanol–water partition coefficient (Wildman–Crippen LogP) is 3.82. The van der Waals surface area contributed by atoms with E-state index in [1.807, 2.05) is 18.2 Å². The monoisotopic (exact) mass is 257 g/mol. The van der Waals surface area contributed by atoms with Gasteiger partial charge in [0.05, 0.1) is 0 Å². The molecule has 0 unspecified atom stereocenters. The van der Waals surface area contributed by atoms with Gasteiger partial charge >= 0.3 is 0 Å². The van der Waals surface area contributed by atoms with E-state index >= 15 is 0 Å². The molecule has 0 heterocycles. The normalized spacial score (nSPS) is 10.7. The van der Waals surface area contributed by atoms with Crippen LogP contribution in [-0.2, 0) is 0 Å². The summed E-state index contributed by atoms with van der Waals surface area (Å²) in [5, 5.41) is 0.594. The van der Waals surface area contributed by atoms with Gasteiger partial charge in [0, 0.05) is 16.3 Å². The molecule has 0 radical (unpaired) electrons. The lowest BCUT2D eigenvalue weighted by atomic mass is 10.1. The molecule has 3 heteroatoms. The van der Waals surface area contributed by atoms with E-state index in [-0.39, 0.29) is 5.78 Å². The molecule has 0 fully saturated rings. The van der Waals surface area contributed by atoms with E-state index in [0.717, 1.165) is 5.56 Å². The van der Waals surface area contributed by atoms with Crippen LogP contribution in [0.4, 0.5) is 5.69 Å². The first kappa shape index (κ1) is 12.4. The Morgan fingerprint density at radius 1 is 1.11 bits per heavy atom. The molecule has 0 aromatic heterocycles. The lowest BCUT2D eigenvalue weighted by molar-refractivity contribution is 0.104. The molecule has 2 aromatic carbocycles. The Morgan fingerprint density at radius 3 is 2.56 bits per heavy atom. The van der Waals surface area contributed by atoms with Gasteiger partial charge in [0.25, 0.3) is 0 Å². The van der Waals surface area contributed by atoms with Gasteiger partial charge in [-0.25, -0.2) is 0 Å². The van der Waals surface area contributed by atoms with Crippen LogP contribution in [0.25, 0.3) is 6.08 Å². The summed E-state index contributed by atoms with van der Waals surface area (Å²) in [6.07, 6.45) is 3.17. The van der Waals surface area contributed by atoms with E-state index in [0.29, 0.717) is 16.3 Å². The lowest BCUT2D eigenvalue weighted by Crippen LogP contribution is -1.94. The Morgan fingerprint density at radius 2 is 1.83 bits per heavy atom. The minimum Gasteiger partial charge on any atom is -0.398 e. The number of nitrogens with two attached hydrogens (primary N) is 1. The molecule has 0 amide bonds. The van der Waals surface area contributed by atoms with Crippen molar-refractivity contribution < 1.29 is 4.79 Å². The number of ketones is 1. The molecular formula is C15H12ClNO. The number of carbonyl (C=O) groups is 1. The van der Waals surface area contributed by atoms with Crippen molar-refractivity contribution in [1.29, 1.82) is 0 Å². The van der Waals surface area contributed by atoms with Crippen LogP contribution in [0.3, 0.4) is 0 Å². The number of carbonyl (C=O) groups excluding carboxylic acids is 1. The molecule has 2 aromatic rings. The molecule has 90 valence electrons. The third-order valence-corrected chi connectivity index (χ3v) is 2.76. The molecule has 0 aliphatic heterocycles. The van der Waals surface area contributed by atoms with Gasteiger partial charge in [0.2, 0.25) is 0 Å². The molecule has 0 spiro atoms. The highest BCUT2D eigenvalue weighted by molar-refractivity contribution is 6.30. The Labute approximate surface area is 111 Å². The zero-order valence-electron chi connectivity index (χ0n) is 9.64. The van der Waals surface area contributed by atoms with Crippen molar-refractivity contribution >= 4 is 29.1 Å². The van der Waals surface area contributed by atoms with Gasteiger partial charge in [-0.15, -0.1) is 0 Å². The third kappa shape index (κ3) is 2.99. The largest absolute Gasteiger partial charge is 0.398 e. The highest BCUT2D eigenvalue weighted by atomic mass is 35.5. The third-order valence-electron chi connectivity index (χ3n) is 2.52. The molecule has 0 aliphatic rings. The number of hydrogen-bond donors (Lipinski definition) is 1. The van der Waals surface area contributed by atoms with Crippen LogP contribution in [0.5, 0.6) is 0 Å². The maximum Gasteiger partial charge on any atom is 0.185 e. The van der Waals surface area contributed by atoms with Crippen molar-refractivity contribution in [3.05, 3.63) is 70.8 Å². The first-order valence-corrected chi connectivity index (χ1v) is 5.87. The van der Waals surface area contributed by atoms with Gasteiger partial charge < -0.3 is 5.73 Å². The zero-order valence-corrected chi connectivity index (χ0v) is 10.4. The second-order valence-electron chi connectivity index (χ2n) is 3.84. The van der Waals surface area contributed by atoms with Crippen LogP contribution in [-0.4, -0.2) is 5.78 Å². The SMILES string of the molecule is Nc1ccc(Cl)cc1/C=C/C(=O)c1ccccc1. The molecule has 2 rings (SSSR count). The summed E-state index contributed by atoms with van der Waals surface area (Å²) in [4.78, 5) is 11.9. The van der Waals surface area contributed by atoms with Crippen molar-refractivity contribution in [1.82, 2.24) is 0 Å². The lowest BCUT2D eigenvalue weighted by Gasteiger charge is -2.00. The van der Waals surface area contributed by atoms with Crippen LogP contribution in [0.15, 0.2) is 54.6 Å². The number of hydrogen-bond acceptors (Lipinski definition) is 2. The Balaban J connectivity index is 2.21. The molecule has 0 bridgehead atoms. The molecule has 0 saturated heterocycles. The number of nitrogen functional groups attached to an aromatic ring is 1. The number of anilines is 1. The highest BCUT2D eigenvalue weighted by Crippen LogP contribution is 2.19. The van der Waals surface area contributed by atoms with Gasteiger partial charge in [-0.2, -0.15) is 0 Å². The number of rotatable bonds is 3. The van der Waals surface area contributed by atoms with Crippen LogP contribution in [0, 0.1) is 0 Å². The summed E-state index contributed by atoms with van der Waals surface area (Å²) in [6.45, 7) is 0. The van der Waals surface area contributed by atoms with Crippen LogP contribution >= 0.6 is 11.6 Å². The average Bonchev–Trinajstić information content (AvgIpc) is 2.40. The molecule has 0 atom stereocenters. The molecule has 18 heavy (non-hydrogen) atoms. The minimum absolute atomic E-state index is 0.0602. The van der Waals surface area contributed by atoms with Crippen LogP contribution in [0.2, 0.25) is 5.02 Å². The summed E-state index contributed by atoms with van der Waals surface area (Å²) >= 11 is 5.87. The number of halogens is 1. The predicted molar refractivity (Wildman–Crippen MR) is 75.7 cm³/mol. The van der Waals surface area contributed by atoms with Gasteiger partial charge in [-0.1, -0.05) is 41.9 Å². The smallest absolute Gasteiger partial charge is 0.185 e. The van der Waals surface area contributed by atoms with E-state index in [9.17, 15) is 4.79 Å². The fourth-order valence-corrected chi connectivity index (χ4v) is 1.73. The second-order valence-corrected chi connectivity index (χ2v) is 4.27. The van der Waals surface area contributed by atoms with E-state index in [1.54, 1.807) is 36.4 Å². The first-order chi connectivity index (χ1) is 8.66. The van der Waals surface area contributed by atoms with Gasteiger partial charge in [0.15, 0.2) is 5.78 Å². The molecule has 2 N–H and O–H groups in total. The molecule has 2 nitrogen and oxygen atoms in total. The van der Waals surface area contributed by atoms with Crippen molar-refractivity contribution in [2.24, 2.45) is 0 Å². The summed E-state index contributed by atoms with van der Waals surface area (Å²) in [5.41, 5.74) is 7.78. The quantitative estimate of drug-likeness (QED) is 0.516. The number of allylic oxidation sites excluding steroid dienone is 1. The first-order valence-electron chi connectivity index (χ1n) is 5.49. The van der Waals surface area contributed by atoms with Crippen molar-refractivity contribution in [2.75, 3.05) is 5.73 Å². The topological polar surface area (TPSA) is 43.1 Å². The average molecular weight is 258 g/mol. The standard InChI is InChI=1S/C15H12ClNO/c16-13-7-8-14(17)12(10-13)6-9-15(18)11-4-2-1-3-5-11/h1-10H,17H2/b9-6+. The van der Waals surface area contributed by atoms with Crippen LogP contribution in [0.1, 0.15) is 15.9 Å². The maximum absolute atomic E-state index is 11.9. The Bertz CT molecular complexity index is 591. The summed E-state index contributed by atoms with van der Waals surface area (Å²) < 4.78 is 0. The van der Waals surface area contributed by atoms with Gasteiger partial charge in [-0.3, -0.25) is 4.79 Å². The Hall–Kier alpha value is -2.06. The maximum atomic E-state index is 11.9. The van der Waals surface area contributed by atoms with E-state index in [1.165, 1.54) is 6.08 Å². The fourth-order valence-electron chi connectivity index (χ4n) is 1.55. The highest BCUT2D eigenvalue weighted by Gasteiger charge is 2.01. The van der Waals surface area contributed by atoms with E-state index in [2.05, 4.69) is 0 Å². The van der Waals surface area contributed by atoms with Gasteiger partial charge in [-0.05, 0) is 35.9 Å². The zero-order chi connectivity index (χ0) is 13.0. The second kappa shape index (κ2) is 5.52. The van der Waals surface area contributed by atoms with E-state index < -0.39 is 0 Å². The fraction of sp³-hybridized carbons (Fsp3) is 0. The molecule has 0 saturated carbocycles. The molecular weight excluding hydrogens is 246 g/mol. The minimum atomic E-state index is -0.0602. The summed E-state index contributed by atoms with van der Waals surface area (Å²) in [5.74, 6) is -0.0602.